The topological polar surface area (TPSA) is 69.6 Å². The van der Waals surface area contributed by atoms with Gasteiger partial charge in [-0.1, -0.05) is 0 Å². The average molecular weight is 283 g/mol. The monoisotopic (exact) mass is 283 g/mol. The fraction of sp³-hybridized carbons (Fsp3) is 0.417. The van der Waals surface area contributed by atoms with E-state index in [1.165, 1.54) is 0 Å². The summed E-state index contributed by atoms with van der Waals surface area (Å²) in [5.41, 5.74) is 6.08. The summed E-state index contributed by atoms with van der Waals surface area (Å²) in [6.07, 6.45) is -2.96. The number of hydrogen-bond acceptors (Lipinski definition) is 4. The molecule has 3 rings (SSSR count). The predicted octanol–water partition coefficient (Wildman–Crippen LogP) is 2.06. The molecule has 0 saturated heterocycles. The molecule has 0 aromatic carbocycles. The Kier molecular flexibility index (Phi) is 2.70. The van der Waals surface area contributed by atoms with Crippen molar-refractivity contribution in [3.05, 3.63) is 28.7 Å². The summed E-state index contributed by atoms with van der Waals surface area (Å²) in [5.74, 6) is 0.0946. The third kappa shape index (κ3) is 2.00. The molecule has 20 heavy (non-hydrogen) atoms. The Hall–Kier alpha value is -2.12. The number of nitrogens with two attached hydrogens (primary N) is 1. The lowest BCUT2D eigenvalue weighted by atomic mass is 10.2. The van der Waals surface area contributed by atoms with E-state index in [9.17, 15) is 13.2 Å². The molecule has 2 heterocycles. The maximum absolute atomic E-state index is 13.1. The van der Waals surface area contributed by atoms with Gasteiger partial charge in [-0.2, -0.15) is 23.0 Å². The fourth-order valence-electron chi connectivity index (χ4n) is 2.43. The van der Waals surface area contributed by atoms with Gasteiger partial charge in [-0.3, -0.25) is 0 Å². The van der Waals surface area contributed by atoms with Gasteiger partial charge in [0.2, 0.25) is 0 Å². The highest BCUT2D eigenvalue weighted by molar-refractivity contribution is 5.40. The Morgan fingerprint density at radius 2 is 2.00 bits per heavy atom. The summed E-state index contributed by atoms with van der Waals surface area (Å²) in [6.45, 7) is 1.70. The zero-order valence-corrected chi connectivity index (χ0v) is 10.7. The first-order chi connectivity index (χ1) is 9.36. The van der Waals surface area contributed by atoms with Crippen molar-refractivity contribution in [3.63, 3.8) is 0 Å². The number of alkyl halides is 3. The average Bonchev–Trinajstić information content (AvgIpc) is 2.92. The second-order valence-corrected chi connectivity index (χ2v) is 4.77. The largest absolute Gasteiger partial charge is 0.433 e. The van der Waals surface area contributed by atoms with Gasteiger partial charge >= 0.3 is 6.18 Å². The standard InChI is InChI=1S/C12H12F3N5/c1-6-5-9(16)20(19-6)11-17-8-4-2-3-7(8)10(18-11)12(13,14)15/h5H,2-4,16H2,1H3. The molecule has 0 fully saturated rings. The maximum atomic E-state index is 13.1. The number of aromatic nitrogens is 4. The zero-order valence-electron chi connectivity index (χ0n) is 10.7. The number of rotatable bonds is 1. The second-order valence-electron chi connectivity index (χ2n) is 4.77. The predicted molar refractivity (Wildman–Crippen MR) is 65.3 cm³/mol. The van der Waals surface area contributed by atoms with Crippen LogP contribution in [0, 0.1) is 6.92 Å². The van der Waals surface area contributed by atoms with E-state index in [1.807, 2.05) is 0 Å². The summed E-state index contributed by atoms with van der Waals surface area (Å²) < 4.78 is 40.4. The summed E-state index contributed by atoms with van der Waals surface area (Å²) in [6, 6.07) is 1.56. The summed E-state index contributed by atoms with van der Waals surface area (Å²) in [7, 11) is 0. The van der Waals surface area contributed by atoms with Crippen LogP contribution in [0.5, 0.6) is 0 Å². The van der Waals surface area contributed by atoms with E-state index in [2.05, 4.69) is 15.1 Å². The van der Waals surface area contributed by atoms with Crippen LogP contribution in [0.15, 0.2) is 6.07 Å². The molecule has 0 bridgehead atoms. The van der Waals surface area contributed by atoms with Crippen molar-refractivity contribution in [2.24, 2.45) is 0 Å². The molecule has 2 aromatic heterocycles. The highest BCUT2D eigenvalue weighted by atomic mass is 19.4. The third-order valence-electron chi connectivity index (χ3n) is 3.24. The Morgan fingerprint density at radius 3 is 2.60 bits per heavy atom. The zero-order chi connectivity index (χ0) is 14.5. The van der Waals surface area contributed by atoms with Crippen LogP contribution in [0.25, 0.3) is 5.95 Å². The van der Waals surface area contributed by atoms with Crippen LogP contribution in [0.2, 0.25) is 0 Å². The van der Waals surface area contributed by atoms with Gasteiger partial charge in [0, 0.05) is 17.3 Å². The van der Waals surface area contributed by atoms with E-state index in [1.54, 1.807) is 13.0 Å². The number of aryl methyl sites for hydroxylation is 2. The first-order valence-electron chi connectivity index (χ1n) is 6.16. The summed E-state index contributed by atoms with van der Waals surface area (Å²) in [4.78, 5) is 7.83. The summed E-state index contributed by atoms with van der Waals surface area (Å²) >= 11 is 0. The quantitative estimate of drug-likeness (QED) is 0.869. The van der Waals surface area contributed by atoms with E-state index in [4.69, 9.17) is 5.73 Å². The highest BCUT2D eigenvalue weighted by Crippen LogP contribution is 2.35. The Morgan fingerprint density at radius 1 is 1.25 bits per heavy atom. The molecule has 2 aromatic rings. The van der Waals surface area contributed by atoms with Crippen LogP contribution in [-0.4, -0.2) is 19.7 Å². The van der Waals surface area contributed by atoms with E-state index >= 15 is 0 Å². The van der Waals surface area contributed by atoms with Gasteiger partial charge in [-0.25, -0.2) is 9.97 Å². The minimum Gasteiger partial charge on any atom is -0.383 e. The van der Waals surface area contributed by atoms with Gasteiger partial charge in [-0.05, 0) is 26.2 Å². The first-order valence-corrected chi connectivity index (χ1v) is 6.16. The molecule has 0 aliphatic heterocycles. The van der Waals surface area contributed by atoms with E-state index < -0.39 is 11.9 Å². The molecule has 0 spiro atoms. The first kappa shape index (κ1) is 12.9. The van der Waals surface area contributed by atoms with E-state index in [-0.39, 0.29) is 17.3 Å². The van der Waals surface area contributed by atoms with Crippen molar-refractivity contribution in [1.29, 1.82) is 0 Å². The molecule has 0 amide bonds. The van der Waals surface area contributed by atoms with Crippen LogP contribution < -0.4 is 5.73 Å². The van der Waals surface area contributed by atoms with Gasteiger partial charge in [0.05, 0.1) is 5.69 Å². The number of nitrogens with zero attached hydrogens (tertiary/aromatic N) is 4. The lowest BCUT2D eigenvalue weighted by Gasteiger charge is -2.12. The van der Waals surface area contributed by atoms with Crippen LogP contribution in [0.3, 0.4) is 0 Å². The van der Waals surface area contributed by atoms with E-state index in [0.717, 1.165) is 4.68 Å². The number of hydrogen-bond donors (Lipinski definition) is 1. The van der Waals surface area contributed by atoms with Crippen molar-refractivity contribution in [3.8, 4) is 5.95 Å². The Labute approximate surface area is 112 Å². The molecule has 0 atom stereocenters. The van der Waals surface area contributed by atoms with E-state index in [0.29, 0.717) is 30.7 Å². The van der Waals surface area contributed by atoms with Gasteiger partial charge in [0.15, 0.2) is 5.69 Å². The van der Waals surface area contributed by atoms with Crippen molar-refractivity contribution in [2.45, 2.75) is 32.4 Å². The van der Waals surface area contributed by atoms with Crippen LogP contribution in [0.1, 0.15) is 29.1 Å². The smallest absolute Gasteiger partial charge is 0.383 e. The summed E-state index contributed by atoms with van der Waals surface area (Å²) in [5, 5.41) is 4.03. The van der Waals surface area contributed by atoms with Crippen LogP contribution in [-0.2, 0) is 19.0 Å². The molecular formula is C12H12F3N5. The maximum Gasteiger partial charge on any atom is 0.433 e. The van der Waals surface area contributed by atoms with Crippen molar-refractivity contribution in [2.75, 3.05) is 5.73 Å². The van der Waals surface area contributed by atoms with Crippen molar-refractivity contribution >= 4 is 5.82 Å². The number of halogens is 3. The number of nitrogen functional groups attached to an aromatic ring is 1. The molecule has 1 aliphatic carbocycles. The fourth-order valence-corrected chi connectivity index (χ4v) is 2.43. The second kappa shape index (κ2) is 4.19. The van der Waals surface area contributed by atoms with Crippen molar-refractivity contribution in [1.82, 2.24) is 19.7 Å². The molecule has 0 saturated carbocycles. The molecule has 8 heteroatoms. The van der Waals surface area contributed by atoms with Gasteiger partial charge < -0.3 is 5.73 Å². The van der Waals surface area contributed by atoms with Crippen LogP contribution in [0.4, 0.5) is 19.0 Å². The van der Waals surface area contributed by atoms with Gasteiger partial charge in [-0.15, -0.1) is 0 Å². The lowest BCUT2D eigenvalue weighted by Crippen LogP contribution is -2.17. The molecule has 1 aliphatic rings. The minimum absolute atomic E-state index is 0.122. The van der Waals surface area contributed by atoms with Crippen molar-refractivity contribution < 1.29 is 13.2 Å². The Balaban J connectivity index is 2.21. The highest BCUT2D eigenvalue weighted by Gasteiger charge is 2.38. The molecule has 106 valence electrons. The number of anilines is 1. The SMILES string of the molecule is Cc1cc(N)n(-c2nc3c(c(C(F)(F)F)n2)CCC3)n1. The molecule has 5 nitrogen and oxygen atoms in total. The Bertz CT molecular complexity index is 674. The lowest BCUT2D eigenvalue weighted by molar-refractivity contribution is -0.141. The van der Waals surface area contributed by atoms with Gasteiger partial charge in [0.25, 0.3) is 5.95 Å². The normalized spacial score (nSPS) is 14.6. The number of fused-ring (bicyclic) bond motifs is 1. The van der Waals surface area contributed by atoms with Crippen LogP contribution >= 0.6 is 0 Å². The molecule has 0 unspecified atom stereocenters. The third-order valence-corrected chi connectivity index (χ3v) is 3.24. The van der Waals surface area contributed by atoms with Gasteiger partial charge in [0.1, 0.15) is 5.82 Å². The molecule has 2 N–H and O–H groups in total. The molecular weight excluding hydrogens is 271 g/mol. The minimum atomic E-state index is -4.50. The molecule has 0 radical (unpaired) electrons.